The van der Waals surface area contributed by atoms with Crippen molar-refractivity contribution in [2.75, 3.05) is 39.8 Å². The largest absolute Gasteiger partial charge is 0.316 e. The average Bonchev–Trinajstić information content (AvgIpc) is 2.79. The average molecular weight is 239 g/mol. The normalized spacial score (nSPS) is 31.6. The quantitative estimate of drug-likeness (QED) is 0.800. The molecule has 0 aliphatic carbocycles. The molecule has 2 unspecified atom stereocenters. The summed E-state index contributed by atoms with van der Waals surface area (Å²) in [4.78, 5) is 5.22. The van der Waals surface area contributed by atoms with E-state index in [4.69, 9.17) is 0 Å². The molecular weight excluding hydrogens is 210 g/mol. The lowest BCUT2D eigenvalue weighted by atomic mass is 9.98. The van der Waals surface area contributed by atoms with Crippen LogP contribution in [0.25, 0.3) is 0 Å². The Kier molecular flexibility index (Phi) is 4.83. The van der Waals surface area contributed by atoms with Gasteiger partial charge in [0.1, 0.15) is 0 Å². The zero-order chi connectivity index (χ0) is 12.3. The summed E-state index contributed by atoms with van der Waals surface area (Å²) in [6.45, 7) is 10.9. The highest BCUT2D eigenvalue weighted by atomic mass is 15.3. The maximum atomic E-state index is 3.52. The lowest BCUT2D eigenvalue weighted by Gasteiger charge is -2.31. The van der Waals surface area contributed by atoms with E-state index < -0.39 is 0 Å². The smallest absolute Gasteiger partial charge is 0.0232 e. The van der Waals surface area contributed by atoms with E-state index in [0.717, 1.165) is 12.0 Å². The van der Waals surface area contributed by atoms with E-state index >= 15 is 0 Å². The molecule has 100 valence electrons. The third kappa shape index (κ3) is 3.67. The minimum absolute atomic E-state index is 0.713. The predicted octanol–water partition coefficient (Wildman–Crippen LogP) is 1.40. The van der Waals surface area contributed by atoms with Crippen LogP contribution in [0, 0.1) is 5.92 Å². The molecule has 2 saturated heterocycles. The SMILES string of the molecule is CC(C)N1CCC(N(C)CC2CCCNC2)C1. The molecular formula is C14H29N3. The second kappa shape index (κ2) is 6.17. The fourth-order valence-corrected chi connectivity index (χ4v) is 3.23. The van der Waals surface area contributed by atoms with Gasteiger partial charge in [0.15, 0.2) is 0 Å². The van der Waals surface area contributed by atoms with Crippen LogP contribution < -0.4 is 5.32 Å². The van der Waals surface area contributed by atoms with Crippen LogP contribution in [0.3, 0.4) is 0 Å². The van der Waals surface area contributed by atoms with Gasteiger partial charge in [0.05, 0.1) is 0 Å². The summed E-state index contributed by atoms with van der Waals surface area (Å²) in [5.41, 5.74) is 0. The van der Waals surface area contributed by atoms with Crippen LogP contribution in [0.5, 0.6) is 0 Å². The zero-order valence-corrected chi connectivity index (χ0v) is 11.8. The van der Waals surface area contributed by atoms with Crippen molar-refractivity contribution in [3.8, 4) is 0 Å². The van der Waals surface area contributed by atoms with Gasteiger partial charge in [-0.15, -0.1) is 0 Å². The van der Waals surface area contributed by atoms with Gasteiger partial charge in [-0.1, -0.05) is 0 Å². The molecule has 0 radical (unpaired) electrons. The molecule has 0 spiro atoms. The molecule has 2 aliphatic rings. The molecule has 2 aliphatic heterocycles. The van der Waals surface area contributed by atoms with Gasteiger partial charge in [0, 0.05) is 31.7 Å². The number of nitrogens with zero attached hydrogens (tertiary/aromatic N) is 2. The van der Waals surface area contributed by atoms with Gasteiger partial charge in [0.25, 0.3) is 0 Å². The van der Waals surface area contributed by atoms with E-state index in [-0.39, 0.29) is 0 Å². The van der Waals surface area contributed by atoms with Gasteiger partial charge in [-0.2, -0.15) is 0 Å². The van der Waals surface area contributed by atoms with E-state index in [0.29, 0.717) is 6.04 Å². The Bertz CT molecular complexity index is 224. The summed E-state index contributed by atoms with van der Waals surface area (Å²) < 4.78 is 0. The Hall–Kier alpha value is -0.120. The highest BCUT2D eigenvalue weighted by Gasteiger charge is 2.28. The molecule has 0 aromatic heterocycles. The maximum Gasteiger partial charge on any atom is 0.0232 e. The molecule has 0 aromatic carbocycles. The molecule has 0 saturated carbocycles. The Balaban J connectivity index is 1.74. The molecule has 2 rings (SSSR count). The summed E-state index contributed by atoms with van der Waals surface area (Å²) >= 11 is 0. The van der Waals surface area contributed by atoms with Gasteiger partial charge in [-0.25, -0.2) is 0 Å². The Morgan fingerprint density at radius 2 is 2.18 bits per heavy atom. The van der Waals surface area contributed by atoms with Gasteiger partial charge in [-0.3, -0.25) is 4.90 Å². The first-order valence-electron chi connectivity index (χ1n) is 7.32. The standard InChI is InChI=1S/C14H29N3/c1-12(2)17-8-6-14(11-17)16(3)10-13-5-4-7-15-9-13/h12-15H,4-11H2,1-3H3. The summed E-state index contributed by atoms with van der Waals surface area (Å²) in [5, 5.41) is 3.52. The van der Waals surface area contributed by atoms with Gasteiger partial charge >= 0.3 is 0 Å². The van der Waals surface area contributed by atoms with Gasteiger partial charge in [-0.05, 0) is 59.2 Å². The molecule has 0 aromatic rings. The molecule has 3 heteroatoms. The summed E-state index contributed by atoms with van der Waals surface area (Å²) in [6.07, 6.45) is 4.13. The molecule has 3 nitrogen and oxygen atoms in total. The minimum Gasteiger partial charge on any atom is -0.316 e. The number of piperidine rings is 1. The number of rotatable bonds is 4. The van der Waals surface area contributed by atoms with Crippen molar-refractivity contribution >= 4 is 0 Å². The predicted molar refractivity (Wildman–Crippen MR) is 73.3 cm³/mol. The van der Waals surface area contributed by atoms with Crippen LogP contribution >= 0.6 is 0 Å². The molecule has 2 atom stereocenters. The third-order valence-corrected chi connectivity index (χ3v) is 4.49. The summed E-state index contributed by atoms with van der Waals surface area (Å²) in [5.74, 6) is 0.877. The Morgan fingerprint density at radius 3 is 2.76 bits per heavy atom. The number of likely N-dealkylation sites (tertiary alicyclic amines) is 1. The molecule has 17 heavy (non-hydrogen) atoms. The maximum absolute atomic E-state index is 3.52. The fourth-order valence-electron chi connectivity index (χ4n) is 3.23. The zero-order valence-electron chi connectivity index (χ0n) is 11.8. The molecule has 0 amide bonds. The van der Waals surface area contributed by atoms with E-state index in [1.54, 1.807) is 0 Å². The summed E-state index contributed by atoms with van der Waals surface area (Å²) in [6, 6.07) is 1.50. The van der Waals surface area contributed by atoms with Gasteiger partial charge < -0.3 is 10.2 Å². The number of likely N-dealkylation sites (N-methyl/N-ethyl adjacent to an activating group) is 1. The fraction of sp³-hybridized carbons (Fsp3) is 1.00. The van der Waals surface area contributed by atoms with E-state index in [1.165, 1.54) is 52.0 Å². The van der Waals surface area contributed by atoms with Crippen molar-refractivity contribution in [3.63, 3.8) is 0 Å². The van der Waals surface area contributed by atoms with Gasteiger partial charge in [0.2, 0.25) is 0 Å². The van der Waals surface area contributed by atoms with Crippen molar-refractivity contribution < 1.29 is 0 Å². The highest BCUT2D eigenvalue weighted by molar-refractivity contribution is 4.85. The van der Waals surface area contributed by atoms with Crippen LogP contribution in [0.2, 0.25) is 0 Å². The number of hydrogen-bond donors (Lipinski definition) is 1. The molecule has 0 bridgehead atoms. The van der Waals surface area contributed by atoms with Crippen LogP contribution in [-0.4, -0.2) is 61.7 Å². The highest BCUT2D eigenvalue weighted by Crippen LogP contribution is 2.19. The van der Waals surface area contributed by atoms with Crippen LogP contribution in [0.4, 0.5) is 0 Å². The summed E-state index contributed by atoms with van der Waals surface area (Å²) in [7, 11) is 2.32. The monoisotopic (exact) mass is 239 g/mol. The first-order chi connectivity index (χ1) is 8.16. The Labute approximate surface area is 107 Å². The number of nitrogens with one attached hydrogen (secondary N) is 1. The van der Waals surface area contributed by atoms with Crippen molar-refractivity contribution in [1.29, 1.82) is 0 Å². The van der Waals surface area contributed by atoms with Crippen molar-refractivity contribution in [2.45, 2.75) is 45.2 Å². The second-order valence-corrected chi connectivity index (χ2v) is 6.18. The lowest BCUT2D eigenvalue weighted by molar-refractivity contribution is 0.178. The molecule has 2 fully saturated rings. The van der Waals surface area contributed by atoms with Crippen molar-refractivity contribution in [2.24, 2.45) is 5.92 Å². The minimum atomic E-state index is 0.713. The number of hydrogen-bond acceptors (Lipinski definition) is 3. The van der Waals surface area contributed by atoms with Crippen LogP contribution in [0.15, 0.2) is 0 Å². The van der Waals surface area contributed by atoms with E-state index in [1.807, 2.05) is 0 Å². The van der Waals surface area contributed by atoms with Crippen molar-refractivity contribution in [3.05, 3.63) is 0 Å². The lowest BCUT2D eigenvalue weighted by Crippen LogP contribution is -2.42. The van der Waals surface area contributed by atoms with Crippen LogP contribution in [0.1, 0.15) is 33.1 Å². The van der Waals surface area contributed by atoms with Crippen LogP contribution in [-0.2, 0) is 0 Å². The van der Waals surface area contributed by atoms with E-state index in [2.05, 4.69) is 36.0 Å². The van der Waals surface area contributed by atoms with Crippen molar-refractivity contribution in [1.82, 2.24) is 15.1 Å². The Morgan fingerprint density at radius 1 is 1.35 bits per heavy atom. The first kappa shape index (κ1) is 13.3. The topological polar surface area (TPSA) is 18.5 Å². The first-order valence-corrected chi connectivity index (χ1v) is 7.32. The molecule has 1 N–H and O–H groups in total. The molecule has 2 heterocycles. The second-order valence-electron chi connectivity index (χ2n) is 6.18. The van der Waals surface area contributed by atoms with E-state index in [9.17, 15) is 0 Å². The third-order valence-electron chi connectivity index (χ3n) is 4.49.